The number of hydrogen-bond acceptors (Lipinski definition) is 4. The number of morpholine rings is 1. The van der Waals surface area contributed by atoms with Crippen molar-refractivity contribution in [1.82, 2.24) is 15.1 Å². The molecule has 19 heavy (non-hydrogen) atoms. The quantitative estimate of drug-likeness (QED) is 0.807. The predicted octanol–water partition coefficient (Wildman–Crippen LogP) is 1.03. The van der Waals surface area contributed by atoms with Crippen molar-refractivity contribution < 1.29 is 4.74 Å². The second-order valence-corrected chi connectivity index (χ2v) is 6.47. The average molecular weight is 269 g/mol. The minimum atomic E-state index is 0.387. The Morgan fingerprint density at radius 1 is 1.16 bits per heavy atom. The molecule has 112 valence electrons. The number of nitrogens with one attached hydrogen (secondary N) is 1. The summed E-state index contributed by atoms with van der Waals surface area (Å²) in [7, 11) is 2.27. The van der Waals surface area contributed by atoms with Gasteiger partial charge >= 0.3 is 0 Å². The lowest BCUT2D eigenvalue weighted by Crippen LogP contribution is -2.48. The van der Waals surface area contributed by atoms with E-state index >= 15 is 0 Å². The zero-order valence-corrected chi connectivity index (χ0v) is 12.9. The lowest BCUT2D eigenvalue weighted by atomic mass is 9.98. The third kappa shape index (κ3) is 5.38. The van der Waals surface area contributed by atoms with Crippen molar-refractivity contribution in [2.24, 2.45) is 5.92 Å². The van der Waals surface area contributed by atoms with Crippen LogP contribution in [0.15, 0.2) is 0 Å². The van der Waals surface area contributed by atoms with Crippen LogP contribution >= 0.6 is 0 Å². The molecule has 1 N–H and O–H groups in total. The van der Waals surface area contributed by atoms with Crippen LogP contribution in [0, 0.1) is 5.92 Å². The summed E-state index contributed by atoms with van der Waals surface area (Å²) in [6.07, 6.45) is 3.46. The normalized spacial score (nSPS) is 30.9. The second kappa shape index (κ2) is 7.58. The fourth-order valence-electron chi connectivity index (χ4n) is 3.38. The molecular weight excluding hydrogens is 238 g/mol. The molecule has 0 aliphatic carbocycles. The summed E-state index contributed by atoms with van der Waals surface area (Å²) in [6, 6.07) is 0. The first-order valence-corrected chi connectivity index (χ1v) is 7.90. The number of piperidine rings is 1. The van der Waals surface area contributed by atoms with Crippen molar-refractivity contribution in [2.75, 3.05) is 52.9 Å². The minimum Gasteiger partial charge on any atom is -0.373 e. The third-order valence-electron chi connectivity index (χ3n) is 4.32. The summed E-state index contributed by atoms with van der Waals surface area (Å²) in [5, 5.41) is 3.44. The molecule has 4 nitrogen and oxygen atoms in total. The van der Waals surface area contributed by atoms with Gasteiger partial charge in [0.15, 0.2) is 0 Å². The predicted molar refractivity (Wildman–Crippen MR) is 79.5 cm³/mol. The minimum absolute atomic E-state index is 0.387. The maximum absolute atomic E-state index is 5.78. The highest BCUT2D eigenvalue weighted by atomic mass is 16.5. The summed E-state index contributed by atoms with van der Waals surface area (Å²) < 4.78 is 5.78. The lowest BCUT2D eigenvalue weighted by molar-refractivity contribution is -0.0691. The van der Waals surface area contributed by atoms with Gasteiger partial charge in [0.25, 0.3) is 0 Å². The van der Waals surface area contributed by atoms with Gasteiger partial charge in [0.05, 0.1) is 12.2 Å². The smallest absolute Gasteiger partial charge is 0.0678 e. The van der Waals surface area contributed by atoms with Crippen LogP contribution in [0.4, 0.5) is 0 Å². The molecule has 0 aromatic carbocycles. The Hall–Kier alpha value is -0.160. The van der Waals surface area contributed by atoms with Crippen LogP contribution in [0.1, 0.15) is 26.7 Å². The number of likely N-dealkylation sites (N-methyl/N-ethyl adjacent to an activating group) is 1. The van der Waals surface area contributed by atoms with E-state index in [1.54, 1.807) is 0 Å². The van der Waals surface area contributed by atoms with Crippen molar-refractivity contribution in [2.45, 2.75) is 38.9 Å². The Kier molecular flexibility index (Phi) is 6.07. The molecule has 4 heteroatoms. The molecule has 2 rings (SSSR count). The Balaban J connectivity index is 1.63. The molecule has 2 heterocycles. The highest BCUT2D eigenvalue weighted by Crippen LogP contribution is 2.13. The van der Waals surface area contributed by atoms with Crippen molar-refractivity contribution in [3.05, 3.63) is 0 Å². The largest absolute Gasteiger partial charge is 0.373 e. The standard InChI is InChI=1S/C15H31N3O/c1-13-10-18(11-14(2)19-13)9-8-17(3)12-15-4-6-16-7-5-15/h13-16H,4-12H2,1-3H3/t13-,14+. The first-order chi connectivity index (χ1) is 9.13. The van der Waals surface area contributed by atoms with E-state index in [0.717, 1.165) is 19.0 Å². The molecule has 2 atom stereocenters. The van der Waals surface area contributed by atoms with Gasteiger partial charge in [-0.3, -0.25) is 4.90 Å². The lowest BCUT2D eigenvalue weighted by Gasteiger charge is -2.36. The van der Waals surface area contributed by atoms with Crippen LogP contribution in [0.25, 0.3) is 0 Å². The van der Waals surface area contributed by atoms with E-state index in [9.17, 15) is 0 Å². The first kappa shape index (κ1) is 15.2. The van der Waals surface area contributed by atoms with E-state index in [1.807, 2.05) is 0 Å². The van der Waals surface area contributed by atoms with Gasteiger partial charge in [-0.25, -0.2) is 0 Å². The Labute approximate surface area is 118 Å². The number of ether oxygens (including phenoxy) is 1. The van der Waals surface area contributed by atoms with Gasteiger partial charge in [-0.05, 0) is 52.7 Å². The van der Waals surface area contributed by atoms with Crippen LogP contribution in [0.3, 0.4) is 0 Å². The molecule has 0 spiro atoms. The molecule has 0 unspecified atom stereocenters. The Morgan fingerprint density at radius 3 is 2.42 bits per heavy atom. The third-order valence-corrected chi connectivity index (χ3v) is 4.32. The monoisotopic (exact) mass is 269 g/mol. The van der Waals surface area contributed by atoms with Gasteiger partial charge in [0.2, 0.25) is 0 Å². The van der Waals surface area contributed by atoms with E-state index in [2.05, 4.69) is 36.0 Å². The first-order valence-electron chi connectivity index (χ1n) is 7.90. The second-order valence-electron chi connectivity index (χ2n) is 6.47. The van der Waals surface area contributed by atoms with Crippen LogP contribution in [-0.4, -0.2) is 74.9 Å². The molecule has 0 saturated carbocycles. The molecule has 2 saturated heterocycles. The van der Waals surface area contributed by atoms with Gasteiger partial charge in [0, 0.05) is 32.7 Å². The fraction of sp³-hybridized carbons (Fsp3) is 1.00. The fourth-order valence-corrected chi connectivity index (χ4v) is 3.38. The van der Waals surface area contributed by atoms with E-state index in [4.69, 9.17) is 4.74 Å². The van der Waals surface area contributed by atoms with E-state index in [0.29, 0.717) is 12.2 Å². The van der Waals surface area contributed by atoms with Gasteiger partial charge in [-0.2, -0.15) is 0 Å². The maximum atomic E-state index is 5.78. The molecule has 2 aliphatic heterocycles. The summed E-state index contributed by atoms with van der Waals surface area (Å²) in [6.45, 7) is 12.6. The van der Waals surface area contributed by atoms with Crippen LogP contribution in [0.5, 0.6) is 0 Å². The number of rotatable bonds is 5. The van der Waals surface area contributed by atoms with E-state index in [-0.39, 0.29) is 0 Å². The summed E-state index contributed by atoms with van der Waals surface area (Å²) in [5.74, 6) is 0.897. The molecule has 0 aromatic rings. The van der Waals surface area contributed by atoms with Crippen LogP contribution in [0.2, 0.25) is 0 Å². The van der Waals surface area contributed by atoms with Crippen LogP contribution in [-0.2, 0) is 4.74 Å². The average Bonchev–Trinajstić information content (AvgIpc) is 2.36. The Morgan fingerprint density at radius 2 is 1.79 bits per heavy atom. The summed E-state index contributed by atoms with van der Waals surface area (Å²) in [4.78, 5) is 5.07. The van der Waals surface area contributed by atoms with Gasteiger partial charge in [0.1, 0.15) is 0 Å². The van der Waals surface area contributed by atoms with Gasteiger partial charge in [-0.15, -0.1) is 0 Å². The highest BCUT2D eigenvalue weighted by molar-refractivity contribution is 4.75. The molecule has 0 bridgehead atoms. The van der Waals surface area contributed by atoms with E-state index < -0.39 is 0 Å². The van der Waals surface area contributed by atoms with Gasteiger partial charge in [-0.1, -0.05) is 0 Å². The maximum Gasteiger partial charge on any atom is 0.0678 e. The Bertz CT molecular complexity index is 246. The molecule has 0 aromatic heterocycles. The number of hydrogen-bond donors (Lipinski definition) is 1. The van der Waals surface area contributed by atoms with Crippen molar-refractivity contribution in [1.29, 1.82) is 0 Å². The molecule has 0 amide bonds. The topological polar surface area (TPSA) is 27.7 Å². The molecule has 2 fully saturated rings. The summed E-state index contributed by atoms with van der Waals surface area (Å²) in [5.41, 5.74) is 0. The highest BCUT2D eigenvalue weighted by Gasteiger charge is 2.22. The molecule has 2 aliphatic rings. The zero-order chi connectivity index (χ0) is 13.7. The van der Waals surface area contributed by atoms with Crippen molar-refractivity contribution in [3.8, 4) is 0 Å². The SMILES string of the molecule is C[C@@H]1CN(CCN(C)CC2CCNCC2)C[C@H](C)O1. The van der Waals surface area contributed by atoms with E-state index in [1.165, 1.54) is 45.6 Å². The van der Waals surface area contributed by atoms with Crippen LogP contribution < -0.4 is 5.32 Å². The summed E-state index contributed by atoms with van der Waals surface area (Å²) >= 11 is 0. The molecule has 0 radical (unpaired) electrons. The molecular formula is C15H31N3O. The van der Waals surface area contributed by atoms with Crippen molar-refractivity contribution in [3.63, 3.8) is 0 Å². The van der Waals surface area contributed by atoms with Crippen molar-refractivity contribution >= 4 is 0 Å². The zero-order valence-electron chi connectivity index (χ0n) is 12.9. The number of nitrogens with zero attached hydrogens (tertiary/aromatic N) is 2. The van der Waals surface area contributed by atoms with Gasteiger partial charge < -0.3 is 15.0 Å².